The van der Waals surface area contributed by atoms with Crippen molar-refractivity contribution in [3.63, 3.8) is 0 Å². The normalized spacial score (nSPS) is 14.5. The Hall–Kier alpha value is -0.480. The lowest BCUT2D eigenvalue weighted by Gasteiger charge is -1.93. The number of hydrogen-bond donors (Lipinski definition) is 2. The van der Waals surface area contributed by atoms with Crippen LogP contribution in [0, 0.1) is 0 Å². The van der Waals surface area contributed by atoms with Crippen molar-refractivity contribution < 1.29 is 0 Å². The van der Waals surface area contributed by atoms with Crippen LogP contribution < -0.4 is 5.73 Å². The van der Waals surface area contributed by atoms with Gasteiger partial charge in [0.2, 0.25) is 0 Å². The molecule has 0 heterocycles. The van der Waals surface area contributed by atoms with Crippen molar-refractivity contribution in [2.45, 2.75) is 6.92 Å². The molecule has 0 bridgehead atoms. The predicted octanol–water partition coefficient (Wildman–Crippen LogP) is 1.36. The molecule has 0 radical (unpaired) electrons. The molecule has 10 heavy (non-hydrogen) atoms. The van der Waals surface area contributed by atoms with Gasteiger partial charge in [0.25, 0.3) is 0 Å². The van der Waals surface area contributed by atoms with Gasteiger partial charge in [-0.3, -0.25) is 4.99 Å². The van der Waals surface area contributed by atoms with Crippen LogP contribution in [0.15, 0.2) is 20.8 Å². The van der Waals surface area contributed by atoms with Crippen molar-refractivity contribution in [1.29, 1.82) is 0 Å². The van der Waals surface area contributed by atoms with Crippen LogP contribution in [-0.2, 0) is 0 Å². The summed E-state index contributed by atoms with van der Waals surface area (Å²) >= 11 is 9.27. The van der Waals surface area contributed by atoms with E-state index >= 15 is 0 Å². The SMILES string of the molecule is C=N/C(S)=C(/N)N=C(C)Cl. The molecule has 0 saturated carbocycles. The third kappa shape index (κ3) is 3.53. The van der Waals surface area contributed by atoms with Gasteiger partial charge >= 0.3 is 0 Å². The fourth-order valence-electron chi connectivity index (χ4n) is 0.297. The van der Waals surface area contributed by atoms with E-state index in [-0.39, 0.29) is 10.9 Å². The predicted molar refractivity (Wildman–Crippen MR) is 48.7 cm³/mol. The molecule has 3 nitrogen and oxygen atoms in total. The number of nitrogens with two attached hydrogens (primary N) is 1. The van der Waals surface area contributed by atoms with Crippen LogP contribution in [0.1, 0.15) is 6.92 Å². The Morgan fingerprint density at radius 1 is 1.70 bits per heavy atom. The molecule has 0 aromatic rings. The van der Waals surface area contributed by atoms with E-state index < -0.39 is 0 Å². The van der Waals surface area contributed by atoms with Gasteiger partial charge in [-0.1, -0.05) is 11.6 Å². The fraction of sp³-hybridized carbons (Fsp3) is 0.200. The zero-order chi connectivity index (χ0) is 8.15. The van der Waals surface area contributed by atoms with Crippen LogP contribution in [-0.4, -0.2) is 11.9 Å². The average molecular weight is 178 g/mol. The van der Waals surface area contributed by atoms with E-state index in [1.54, 1.807) is 6.92 Å². The van der Waals surface area contributed by atoms with Crippen LogP contribution in [0.2, 0.25) is 0 Å². The van der Waals surface area contributed by atoms with Crippen LogP contribution >= 0.6 is 24.2 Å². The molecule has 56 valence electrons. The molecule has 0 amide bonds. The van der Waals surface area contributed by atoms with E-state index in [1.165, 1.54) is 0 Å². The van der Waals surface area contributed by atoms with Crippen molar-refractivity contribution in [1.82, 2.24) is 0 Å². The third-order valence-electron chi connectivity index (χ3n) is 0.653. The highest BCUT2D eigenvalue weighted by Gasteiger charge is 1.92. The molecule has 5 heteroatoms. The number of rotatable bonds is 2. The molecule has 0 atom stereocenters. The molecule has 0 fully saturated rings. The molecule has 0 rings (SSSR count). The van der Waals surface area contributed by atoms with E-state index in [4.69, 9.17) is 17.3 Å². The topological polar surface area (TPSA) is 50.7 Å². The Bertz CT molecular complexity index is 193. The first-order valence-electron chi connectivity index (χ1n) is 2.44. The number of thiol groups is 1. The summed E-state index contributed by atoms with van der Waals surface area (Å²) in [7, 11) is 0. The molecule has 0 aromatic heterocycles. The standard InChI is InChI=1S/C5H8ClN3S/c1-3(6)9-4(7)5(10)8-2/h10H,2,7H2,1H3/b5-4+,9-3?. The zero-order valence-electron chi connectivity index (χ0n) is 5.50. The second-order valence-corrected chi connectivity index (χ2v) is 2.45. The van der Waals surface area contributed by atoms with Crippen LogP contribution in [0.25, 0.3) is 0 Å². The van der Waals surface area contributed by atoms with Crippen molar-refractivity contribution in [2.24, 2.45) is 15.7 Å². The van der Waals surface area contributed by atoms with Gasteiger partial charge in [-0.2, -0.15) is 0 Å². The van der Waals surface area contributed by atoms with Gasteiger partial charge in [-0.25, -0.2) is 4.99 Å². The molecular weight excluding hydrogens is 170 g/mol. The minimum atomic E-state index is 0.172. The lowest BCUT2D eigenvalue weighted by molar-refractivity contribution is 1.21. The summed E-state index contributed by atoms with van der Waals surface area (Å²) in [5.41, 5.74) is 5.33. The van der Waals surface area contributed by atoms with Crippen molar-refractivity contribution in [3.8, 4) is 0 Å². The molecule has 0 saturated heterocycles. The molecule has 0 aliphatic rings. The Labute approximate surface area is 70.1 Å². The average Bonchev–Trinajstić information content (AvgIpc) is 1.85. The quantitative estimate of drug-likeness (QED) is 0.486. The van der Waals surface area contributed by atoms with Crippen LogP contribution in [0.5, 0.6) is 0 Å². The van der Waals surface area contributed by atoms with Crippen molar-refractivity contribution >= 4 is 36.1 Å². The maximum atomic E-state index is 5.41. The Morgan fingerprint density at radius 2 is 2.20 bits per heavy atom. The minimum Gasteiger partial charge on any atom is -0.381 e. The van der Waals surface area contributed by atoms with Crippen molar-refractivity contribution in [3.05, 3.63) is 10.9 Å². The number of halogens is 1. The maximum Gasteiger partial charge on any atom is 0.157 e. The highest BCUT2D eigenvalue weighted by atomic mass is 35.5. The van der Waals surface area contributed by atoms with Gasteiger partial charge in [-0.15, -0.1) is 12.6 Å². The summed E-state index contributed by atoms with van der Waals surface area (Å²) in [5, 5.41) is 0.618. The highest BCUT2D eigenvalue weighted by Crippen LogP contribution is 2.06. The Balaban J connectivity index is 4.48. The molecule has 0 aliphatic carbocycles. The van der Waals surface area contributed by atoms with E-state index in [9.17, 15) is 0 Å². The summed E-state index contributed by atoms with van der Waals surface area (Å²) in [6.45, 7) is 4.82. The molecule has 0 spiro atoms. The van der Waals surface area contributed by atoms with E-state index in [0.29, 0.717) is 5.17 Å². The van der Waals surface area contributed by atoms with Gasteiger partial charge < -0.3 is 5.73 Å². The lowest BCUT2D eigenvalue weighted by Crippen LogP contribution is -1.96. The Morgan fingerprint density at radius 3 is 2.50 bits per heavy atom. The first-order valence-corrected chi connectivity index (χ1v) is 3.26. The van der Waals surface area contributed by atoms with Crippen LogP contribution in [0.3, 0.4) is 0 Å². The number of hydrogen-bond acceptors (Lipinski definition) is 4. The minimum absolute atomic E-state index is 0.172. The van der Waals surface area contributed by atoms with E-state index in [1.807, 2.05) is 0 Å². The summed E-state index contributed by atoms with van der Waals surface area (Å²) in [6, 6.07) is 0. The lowest BCUT2D eigenvalue weighted by atomic mass is 10.7. The summed E-state index contributed by atoms with van der Waals surface area (Å²) in [4.78, 5) is 7.12. The number of aliphatic imine (C=N–C) groups is 2. The maximum absolute atomic E-state index is 5.41. The molecule has 2 N–H and O–H groups in total. The summed E-state index contributed by atoms with van der Waals surface area (Å²) < 4.78 is 0. The van der Waals surface area contributed by atoms with E-state index in [2.05, 4.69) is 29.3 Å². The second kappa shape index (κ2) is 4.35. The van der Waals surface area contributed by atoms with Gasteiger partial charge in [-0.05, 0) is 13.6 Å². The Kier molecular flexibility index (Phi) is 4.14. The summed E-state index contributed by atoms with van der Waals surface area (Å²) in [6.07, 6.45) is 0. The molecule has 0 unspecified atom stereocenters. The molecule has 0 aromatic carbocycles. The largest absolute Gasteiger partial charge is 0.381 e. The van der Waals surface area contributed by atoms with Crippen LogP contribution in [0.4, 0.5) is 0 Å². The van der Waals surface area contributed by atoms with Gasteiger partial charge in [0, 0.05) is 0 Å². The first kappa shape index (κ1) is 9.52. The van der Waals surface area contributed by atoms with Crippen molar-refractivity contribution in [2.75, 3.05) is 0 Å². The third-order valence-corrected chi connectivity index (χ3v) is 1.11. The smallest absolute Gasteiger partial charge is 0.157 e. The molecule has 0 aliphatic heterocycles. The first-order chi connectivity index (χ1) is 4.57. The van der Waals surface area contributed by atoms with E-state index in [0.717, 1.165) is 0 Å². The van der Waals surface area contributed by atoms with Gasteiger partial charge in [0.05, 0.1) is 0 Å². The second-order valence-electron chi connectivity index (χ2n) is 1.48. The fourth-order valence-corrected chi connectivity index (χ4v) is 0.438. The van der Waals surface area contributed by atoms with Gasteiger partial charge in [0.1, 0.15) is 10.2 Å². The monoisotopic (exact) mass is 177 g/mol. The molecular formula is C5H8ClN3S. The zero-order valence-corrected chi connectivity index (χ0v) is 7.15. The summed E-state index contributed by atoms with van der Waals surface area (Å²) in [5.74, 6) is 0.172. The highest BCUT2D eigenvalue weighted by molar-refractivity contribution is 7.84. The van der Waals surface area contributed by atoms with Gasteiger partial charge in [0.15, 0.2) is 5.82 Å². The number of nitrogens with zero attached hydrogens (tertiary/aromatic N) is 2.